The number of fused-ring (bicyclic) bond motifs is 1. The second-order valence-electron chi connectivity index (χ2n) is 6.80. The van der Waals surface area contributed by atoms with Gasteiger partial charge in [-0.1, -0.05) is 60.2 Å². The van der Waals surface area contributed by atoms with Crippen LogP contribution >= 0.6 is 0 Å². The van der Waals surface area contributed by atoms with Gasteiger partial charge in [0, 0.05) is 30.1 Å². The van der Waals surface area contributed by atoms with Crippen LogP contribution in [0.2, 0.25) is 0 Å². The van der Waals surface area contributed by atoms with E-state index in [-0.39, 0.29) is 17.7 Å². The maximum absolute atomic E-state index is 13.0. The standard InChI is InChI=1S/C22H22N2O/c1-15-10-11-17-8-5-9-21(18(17)12-15)24-22(25)20-14-23-13-19(20)16-6-3-2-4-7-16/h2-12,19-20,23H,13-14H2,1H3,(H,24,25)/t19-,20+/m0/s1. The molecule has 1 saturated heterocycles. The van der Waals surface area contributed by atoms with Gasteiger partial charge in [0.15, 0.2) is 0 Å². The third-order valence-electron chi connectivity index (χ3n) is 5.07. The molecule has 1 fully saturated rings. The Bertz CT molecular complexity index is 904. The van der Waals surface area contributed by atoms with Gasteiger partial charge in [-0.25, -0.2) is 0 Å². The highest BCUT2D eigenvalue weighted by Crippen LogP contribution is 2.30. The van der Waals surface area contributed by atoms with E-state index in [4.69, 9.17) is 0 Å². The summed E-state index contributed by atoms with van der Waals surface area (Å²) in [5.74, 6) is 0.258. The van der Waals surface area contributed by atoms with Crippen LogP contribution in [0, 0.1) is 12.8 Å². The molecule has 0 spiro atoms. The molecule has 0 aromatic heterocycles. The average molecular weight is 330 g/mol. The Balaban J connectivity index is 1.61. The average Bonchev–Trinajstić information content (AvgIpc) is 3.13. The maximum Gasteiger partial charge on any atom is 0.229 e. The summed E-state index contributed by atoms with van der Waals surface area (Å²) in [6.07, 6.45) is 0. The normalized spacial score (nSPS) is 19.9. The molecule has 1 amide bonds. The molecule has 3 nitrogen and oxygen atoms in total. The first-order chi connectivity index (χ1) is 12.2. The predicted octanol–water partition coefficient (Wildman–Crippen LogP) is 4.09. The molecule has 1 heterocycles. The van der Waals surface area contributed by atoms with Gasteiger partial charge in [0.1, 0.15) is 0 Å². The van der Waals surface area contributed by atoms with Crippen molar-refractivity contribution in [3.8, 4) is 0 Å². The van der Waals surface area contributed by atoms with Gasteiger partial charge in [-0.2, -0.15) is 0 Å². The van der Waals surface area contributed by atoms with Gasteiger partial charge >= 0.3 is 0 Å². The van der Waals surface area contributed by atoms with Crippen molar-refractivity contribution in [3.05, 3.63) is 77.9 Å². The second kappa shape index (κ2) is 6.69. The lowest BCUT2D eigenvalue weighted by atomic mass is 9.88. The van der Waals surface area contributed by atoms with Crippen LogP contribution in [-0.2, 0) is 4.79 Å². The molecular weight excluding hydrogens is 308 g/mol. The van der Waals surface area contributed by atoms with Gasteiger partial charge < -0.3 is 10.6 Å². The fourth-order valence-electron chi connectivity index (χ4n) is 3.73. The lowest BCUT2D eigenvalue weighted by Crippen LogP contribution is -2.28. The van der Waals surface area contributed by atoms with Crippen LogP contribution in [0.3, 0.4) is 0 Å². The van der Waals surface area contributed by atoms with Crippen LogP contribution in [0.25, 0.3) is 10.8 Å². The van der Waals surface area contributed by atoms with E-state index >= 15 is 0 Å². The number of anilines is 1. The zero-order valence-corrected chi connectivity index (χ0v) is 14.3. The van der Waals surface area contributed by atoms with Crippen molar-refractivity contribution < 1.29 is 4.79 Å². The number of carbonyl (C=O) groups excluding carboxylic acids is 1. The first kappa shape index (κ1) is 15.9. The van der Waals surface area contributed by atoms with Crippen molar-refractivity contribution >= 4 is 22.4 Å². The highest BCUT2D eigenvalue weighted by molar-refractivity contribution is 6.03. The Morgan fingerprint density at radius 1 is 1.00 bits per heavy atom. The number of benzene rings is 3. The van der Waals surface area contributed by atoms with Crippen LogP contribution in [0.1, 0.15) is 17.0 Å². The quantitative estimate of drug-likeness (QED) is 0.759. The zero-order chi connectivity index (χ0) is 17.2. The fourth-order valence-corrected chi connectivity index (χ4v) is 3.73. The minimum absolute atomic E-state index is 0.0533. The van der Waals surface area contributed by atoms with Crippen molar-refractivity contribution in [1.82, 2.24) is 5.32 Å². The summed E-state index contributed by atoms with van der Waals surface area (Å²) in [6, 6.07) is 22.7. The van der Waals surface area contributed by atoms with Crippen LogP contribution in [0.4, 0.5) is 5.69 Å². The van der Waals surface area contributed by atoms with Crippen LogP contribution in [-0.4, -0.2) is 19.0 Å². The van der Waals surface area contributed by atoms with E-state index in [9.17, 15) is 4.79 Å². The summed E-state index contributed by atoms with van der Waals surface area (Å²) in [5, 5.41) is 8.79. The number of carbonyl (C=O) groups is 1. The molecule has 2 N–H and O–H groups in total. The largest absolute Gasteiger partial charge is 0.325 e. The van der Waals surface area contributed by atoms with Gasteiger partial charge in [0.2, 0.25) is 5.91 Å². The topological polar surface area (TPSA) is 41.1 Å². The zero-order valence-electron chi connectivity index (χ0n) is 14.3. The summed E-state index contributed by atoms with van der Waals surface area (Å²) in [5.41, 5.74) is 3.31. The van der Waals surface area contributed by atoms with Gasteiger partial charge in [-0.05, 0) is 30.0 Å². The van der Waals surface area contributed by atoms with Crippen molar-refractivity contribution in [1.29, 1.82) is 0 Å². The van der Waals surface area contributed by atoms with E-state index < -0.39 is 0 Å². The van der Waals surface area contributed by atoms with E-state index in [1.807, 2.05) is 30.3 Å². The Hall–Kier alpha value is -2.65. The minimum atomic E-state index is -0.0533. The summed E-state index contributed by atoms with van der Waals surface area (Å²) in [7, 11) is 0. The van der Waals surface area contributed by atoms with E-state index in [0.29, 0.717) is 0 Å². The van der Waals surface area contributed by atoms with E-state index in [1.165, 1.54) is 11.1 Å². The molecule has 1 aliphatic heterocycles. The molecule has 25 heavy (non-hydrogen) atoms. The van der Waals surface area contributed by atoms with Crippen molar-refractivity contribution in [2.45, 2.75) is 12.8 Å². The van der Waals surface area contributed by atoms with E-state index in [2.05, 4.69) is 54.0 Å². The van der Waals surface area contributed by atoms with E-state index in [1.54, 1.807) is 0 Å². The Morgan fingerprint density at radius 2 is 1.84 bits per heavy atom. The number of aryl methyl sites for hydroxylation is 1. The second-order valence-corrected chi connectivity index (χ2v) is 6.80. The van der Waals surface area contributed by atoms with Crippen LogP contribution in [0.5, 0.6) is 0 Å². The van der Waals surface area contributed by atoms with Gasteiger partial charge in [0.25, 0.3) is 0 Å². The molecule has 3 aromatic rings. The predicted molar refractivity (Wildman–Crippen MR) is 103 cm³/mol. The van der Waals surface area contributed by atoms with Crippen LogP contribution < -0.4 is 10.6 Å². The smallest absolute Gasteiger partial charge is 0.229 e. The molecule has 0 unspecified atom stereocenters. The molecule has 4 rings (SSSR count). The molecule has 0 saturated carbocycles. The highest BCUT2D eigenvalue weighted by atomic mass is 16.1. The maximum atomic E-state index is 13.0. The number of nitrogens with one attached hydrogen (secondary N) is 2. The molecule has 126 valence electrons. The summed E-state index contributed by atoms with van der Waals surface area (Å²) < 4.78 is 0. The van der Waals surface area contributed by atoms with Gasteiger partial charge in [-0.3, -0.25) is 4.79 Å². The highest BCUT2D eigenvalue weighted by Gasteiger charge is 2.34. The molecule has 0 radical (unpaired) electrons. The third kappa shape index (κ3) is 3.15. The molecule has 0 bridgehead atoms. The molecule has 3 aromatic carbocycles. The van der Waals surface area contributed by atoms with E-state index in [0.717, 1.165) is 29.5 Å². The molecule has 1 aliphatic rings. The fraction of sp³-hybridized carbons (Fsp3) is 0.227. The molecule has 2 atom stereocenters. The van der Waals surface area contributed by atoms with Gasteiger partial charge in [-0.15, -0.1) is 0 Å². The minimum Gasteiger partial charge on any atom is -0.325 e. The first-order valence-corrected chi connectivity index (χ1v) is 8.78. The van der Waals surface area contributed by atoms with Crippen molar-refractivity contribution in [3.63, 3.8) is 0 Å². The summed E-state index contributed by atoms with van der Waals surface area (Å²) >= 11 is 0. The summed E-state index contributed by atoms with van der Waals surface area (Å²) in [4.78, 5) is 13.0. The Labute approximate surface area is 148 Å². The third-order valence-corrected chi connectivity index (χ3v) is 5.07. The number of amides is 1. The van der Waals surface area contributed by atoms with Crippen molar-refractivity contribution in [2.75, 3.05) is 18.4 Å². The Morgan fingerprint density at radius 3 is 2.68 bits per heavy atom. The first-order valence-electron chi connectivity index (χ1n) is 8.78. The SMILES string of the molecule is Cc1ccc2cccc(NC(=O)[C@@H]3CNC[C@H]3c3ccccc3)c2c1. The lowest BCUT2D eigenvalue weighted by Gasteiger charge is -2.19. The molecule has 3 heteroatoms. The van der Waals surface area contributed by atoms with Crippen LogP contribution in [0.15, 0.2) is 66.7 Å². The number of hydrogen-bond donors (Lipinski definition) is 2. The molecular formula is C22H22N2O. The summed E-state index contributed by atoms with van der Waals surface area (Å²) in [6.45, 7) is 3.64. The molecule has 0 aliphatic carbocycles. The number of hydrogen-bond acceptors (Lipinski definition) is 2. The monoisotopic (exact) mass is 330 g/mol. The number of rotatable bonds is 3. The Kier molecular flexibility index (Phi) is 4.24. The van der Waals surface area contributed by atoms with Gasteiger partial charge in [0.05, 0.1) is 5.92 Å². The van der Waals surface area contributed by atoms with Crippen molar-refractivity contribution in [2.24, 2.45) is 5.92 Å². The lowest BCUT2D eigenvalue weighted by molar-refractivity contribution is -0.119.